The molecule has 0 fully saturated rings. The molecule has 1 unspecified atom stereocenters. The van der Waals surface area contributed by atoms with Gasteiger partial charge in [0.1, 0.15) is 18.1 Å². The van der Waals surface area contributed by atoms with Crippen molar-refractivity contribution in [3.63, 3.8) is 0 Å². The average molecular weight is 448 g/mol. The van der Waals surface area contributed by atoms with Crippen LogP contribution in [0.25, 0.3) is 11.1 Å². The number of aliphatic hydroxyl groups excluding tert-OH is 1. The number of hydrogen-bond donors (Lipinski definition) is 5. The van der Waals surface area contributed by atoms with Crippen LogP contribution in [0.5, 0.6) is 11.5 Å². The number of anilines is 1. The fourth-order valence-electron chi connectivity index (χ4n) is 3.26. The number of urea groups is 1. The highest BCUT2D eigenvalue weighted by molar-refractivity contribution is 5.91. The van der Waals surface area contributed by atoms with E-state index >= 15 is 0 Å². The number of aromatic nitrogens is 4. The molecule has 0 aliphatic carbocycles. The first-order valence-electron chi connectivity index (χ1n) is 10.2. The van der Waals surface area contributed by atoms with E-state index in [0.29, 0.717) is 17.2 Å². The van der Waals surface area contributed by atoms with Crippen LogP contribution < -0.4 is 20.1 Å². The van der Waals surface area contributed by atoms with Crippen LogP contribution >= 0.6 is 0 Å². The van der Waals surface area contributed by atoms with E-state index in [0.717, 1.165) is 22.4 Å². The molecule has 170 valence electrons. The van der Waals surface area contributed by atoms with Crippen LogP contribution in [0, 0.1) is 0 Å². The minimum atomic E-state index is -0.612. The minimum Gasteiger partial charge on any atom is -0.497 e. The average Bonchev–Trinajstić information content (AvgIpc) is 3.56. The van der Waals surface area contributed by atoms with Crippen LogP contribution in [-0.2, 0) is 6.61 Å². The van der Waals surface area contributed by atoms with Crippen molar-refractivity contribution in [3.8, 4) is 22.6 Å². The van der Waals surface area contributed by atoms with Gasteiger partial charge in [0, 0.05) is 18.0 Å². The zero-order valence-electron chi connectivity index (χ0n) is 17.9. The Labute approximate surface area is 190 Å². The quantitative estimate of drug-likeness (QED) is 0.267. The van der Waals surface area contributed by atoms with Crippen LogP contribution in [-0.4, -0.2) is 45.0 Å². The van der Waals surface area contributed by atoms with Crippen molar-refractivity contribution in [2.45, 2.75) is 12.6 Å². The number of nitrogens with one attached hydrogen (secondary N) is 4. The van der Waals surface area contributed by atoms with Gasteiger partial charge < -0.3 is 30.2 Å². The monoisotopic (exact) mass is 448 g/mol. The Balaban J connectivity index is 1.51. The normalized spacial score (nSPS) is 11.6. The third-order valence-electron chi connectivity index (χ3n) is 4.98. The van der Waals surface area contributed by atoms with E-state index in [9.17, 15) is 9.90 Å². The second-order valence-corrected chi connectivity index (χ2v) is 7.16. The van der Waals surface area contributed by atoms with Crippen LogP contribution in [0.2, 0.25) is 0 Å². The second-order valence-electron chi connectivity index (χ2n) is 7.16. The van der Waals surface area contributed by atoms with Crippen molar-refractivity contribution in [1.82, 2.24) is 25.5 Å². The van der Waals surface area contributed by atoms with Crippen LogP contribution in [0.1, 0.15) is 17.3 Å². The number of methoxy groups -OCH3 is 1. The van der Waals surface area contributed by atoms with E-state index in [-0.39, 0.29) is 13.2 Å². The number of ether oxygens (including phenoxy) is 2. The van der Waals surface area contributed by atoms with Gasteiger partial charge in [-0.25, -0.2) is 9.78 Å². The summed E-state index contributed by atoms with van der Waals surface area (Å²) in [7, 11) is 1.56. The van der Waals surface area contributed by atoms with E-state index in [2.05, 4.69) is 30.8 Å². The SMILES string of the molecule is COc1cccc(C(CO)NC(=O)Nc2ccc(-c3cn[nH]c3)cc2OCc2c[nH]cn2)c1. The number of amides is 2. The number of nitrogens with zero attached hydrogens (tertiary/aromatic N) is 2. The number of hydrogen-bond acceptors (Lipinski definition) is 6. The van der Waals surface area contributed by atoms with Crippen molar-refractivity contribution >= 4 is 11.7 Å². The second kappa shape index (κ2) is 10.3. The van der Waals surface area contributed by atoms with E-state index in [4.69, 9.17) is 9.47 Å². The summed E-state index contributed by atoms with van der Waals surface area (Å²) in [6.45, 7) is -0.0553. The van der Waals surface area contributed by atoms with Gasteiger partial charge in [0.25, 0.3) is 0 Å². The summed E-state index contributed by atoms with van der Waals surface area (Å²) in [4.78, 5) is 19.8. The summed E-state index contributed by atoms with van der Waals surface area (Å²) in [5, 5.41) is 22.2. The van der Waals surface area contributed by atoms with Crippen molar-refractivity contribution in [2.24, 2.45) is 0 Å². The van der Waals surface area contributed by atoms with E-state index in [1.807, 2.05) is 18.2 Å². The molecule has 0 saturated carbocycles. The van der Waals surface area contributed by atoms with E-state index < -0.39 is 12.1 Å². The third-order valence-corrected chi connectivity index (χ3v) is 4.98. The molecule has 1 atom stereocenters. The fourth-order valence-corrected chi connectivity index (χ4v) is 3.26. The molecule has 5 N–H and O–H groups in total. The van der Waals surface area contributed by atoms with Crippen molar-refractivity contribution in [3.05, 3.63) is 78.6 Å². The zero-order chi connectivity index (χ0) is 23.0. The molecule has 0 bridgehead atoms. The minimum absolute atomic E-state index is 0.220. The summed E-state index contributed by atoms with van der Waals surface area (Å²) < 4.78 is 11.2. The zero-order valence-corrected chi connectivity index (χ0v) is 17.9. The number of benzene rings is 2. The third kappa shape index (κ3) is 5.49. The topological polar surface area (TPSA) is 137 Å². The Kier molecular flexibility index (Phi) is 6.86. The van der Waals surface area contributed by atoms with Gasteiger partial charge in [-0.15, -0.1) is 0 Å². The van der Waals surface area contributed by atoms with Crippen LogP contribution in [0.3, 0.4) is 0 Å². The van der Waals surface area contributed by atoms with Crippen LogP contribution in [0.4, 0.5) is 10.5 Å². The number of H-pyrrole nitrogens is 2. The molecule has 2 heterocycles. The molecule has 2 aromatic carbocycles. The lowest BCUT2D eigenvalue weighted by Crippen LogP contribution is -2.34. The molecular formula is C23H24N6O4. The lowest BCUT2D eigenvalue weighted by Gasteiger charge is -2.19. The Morgan fingerprint density at radius 2 is 2.09 bits per heavy atom. The number of imidazole rings is 1. The van der Waals surface area contributed by atoms with Gasteiger partial charge in [-0.3, -0.25) is 5.10 Å². The maximum absolute atomic E-state index is 12.8. The highest BCUT2D eigenvalue weighted by atomic mass is 16.5. The summed E-state index contributed by atoms with van der Waals surface area (Å²) >= 11 is 0. The summed E-state index contributed by atoms with van der Waals surface area (Å²) in [6.07, 6.45) is 6.78. The lowest BCUT2D eigenvalue weighted by molar-refractivity contribution is 0.225. The molecule has 0 radical (unpaired) electrons. The lowest BCUT2D eigenvalue weighted by atomic mass is 10.1. The number of aliphatic hydroxyl groups is 1. The molecule has 4 aromatic rings. The first-order valence-corrected chi connectivity index (χ1v) is 10.2. The van der Waals surface area contributed by atoms with Gasteiger partial charge in [0.05, 0.1) is 43.7 Å². The molecule has 4 rings (SSSR count). The van der Waals surface area contributed by atoms with Crippen molar-refractivity contribution in [2.75, 3.05) is 19.0 Å². The molecule has 10 nitrogen and oxygen atoms in total. The number of aromatic amines is 2. The highest BCUT2D eigenvalue weighted by Crippen LogP contribution is 2.31. The Morgan fingerprint density at radius 1 is 1.18 bits per heavy atom. The van der Waals surface area contributed by atoms with Gasteiger partial charge in [-0.2, -0.15) is 5.10 Å². The predicted octanol–water partition coefficient (Wildman–Crippen LogP) is 3.24. The maximum atomic E-state index is 12.8. The van der Waals surface area contributed by atoms with Gasteiger partial charge in [-0.1, -0.05) is 18.2 Å². The molecule has 0 aliphatic heterocycles. The fraction of sp³-hybridized carbons (Fsp3) is 0.174. The highest BCUT2D eigenvalue weighted by Gasteiger charge is 2.17. The van der Waals surface area contributed by atoms with Crippen molar-refractivity contribution < 1.29 is 19.4 Å². The van der Waals surface area contributed by atoms with Gasteiger partial charge in [-0.05, 0) is 35.4 Å². The number of carbonyl (C=O) groups is 1. The molecule has 33 heavy (non-hydrogen) atoms. The standard InChI is InChI=1S/C23H24N6O4/c1-32-19-4-2-3-16(7-19)21(12-30)29-23(31)28-20-6-5-15(17-9-26-27-10-17)8-22(20)33-13-18-11-24-14-25-18/h2-11,14,21,30H,12-13H2,1H3,(H,24,25)(H,26,27)(H2,28,29,31). The van der Waals surface area contributed by atoms with E-state index in [1.54, 1.807) is 56.3 Å². The molecular weight excluding hydrogens is 424 g/mol. The molecule has 2 aromatic heterocycles. The van der Waals surface area contributed by atoms with Crippen LogP contribution in [0.15, 0.2) is 67.4 Å². The predicted molar refractivity (Wildman–Crippen MR) is 122 cm³/mol. The largest absolute Gasteiger partial charge is 0.497 e. The molecule has 0 aliphatic rings. The van der Waals surface area contributed by atoms with Crippen molar-refractivity contribution in [1.29, 1.82) is 0 Å². The summed E-state index contributed by atoms with van der Waals surface area (Å²) in [5.74, 6) is 1.10. The molecule has 0 spiro atoms. The first-order chi connectivity index (χ1) is 16.2. The van der Waals surface area contributed by atoms with Gasteiger partial charge >= 0.3 is 6.03 Å². The summed E-state index contributed by atoms with van der Waals surface area (Å²) in [6, 6.07) is 11.5. The molecule has 10 heteroatoms. The summed E-state index contributed by atoms with van der Waals surface area (Å²) in [5.41, 5.74) is 3.66. The molecule has 2 amide bonds. The smallest absolute Gasteiger partial charge is 0.319 e. The van der Waals surface area contributed by atoms with Gasteiger partial charge in [0.2, 0.25) is 0 Å². The first kappa shape index (κ1) is 21.9. The van der Waals surface area contributed by atoms with E-state index in [1.165, 1.54) is 0 Å². The number of carbonyl (C=O) groups excluding carboxylic acids is 1. The number of rotatable bonds is 9. The molecule has 0 saturated heterocycles. The maximum Gasteiger partial charge on any atom is 0.319 e. The Morgan fingerprint density at radius 3 is 2.82 bits per heavy atom. The Hall–Kier alpha value is -4.31. The van der Waals surface area contributed by atoms with Gasteiger partial charge in [0.15, 0.2) is 0 Å². The Bertz CT molecular complexity index is 1180.